The van der Waals surface area contributed by atoms with Gasteiger partial charge in [0, 0.05) is 15.6 Å². The van der Waals surface area contributed by atoms with Gasteiger partial charge in [-0.25, -0.2) is 9.95 Å². The quantitative estimate of drug-likeness (QED) is 0.723. The number of hydrogen-bond acceptors (Lipinski definition) is 5. The van der Waals surface area contributed by atoms with Crippen LogP contribution in [0.5, 0.6) is 0 Å². The molecule has 6 nitrogen and oxygen atoms in total. The number of benzene rings is 1. The maximum Gasteiger partial charge on any atom is 0.365 e. The van der Waals surface area contributed by atoms with Gasteiger partial charge in [0.05, 0.1) is 16.5 Å². The van der Waals surface area contributed by atoms with Gasteiger partial charge in [0.15, 0.2) is 0 Å². The topological polar surface area (TPSA) is 99.3 Å². The van der Waals surface area contributed by atoms with Crippen molar-refractivity contribution in [2.24, 2.45) is 0 Å². The normalized spacial score (nSPS) is 11.8. The van der Waals surface area contributed by atoms with E-state index in [9.17, 15) is 14.7 Å². The zero-order valence-corrected chi connectivity index (χ0v) is 13.2. The minimum atomic E-state index is -1.31. The fourth-order valence-corrected chi connectivity index (χ4v) is 2.47. The Hall–Kier alpha value is -2.80. The molecule has 116 valence electrons. The maximum atomic E-state index is 11.5. The third-order valence-corrected chi connectivity index (χ3v) is 3.69. The van der Waals surface area contributed by atoms with Crippen molar-refractivity contribution >= 4 is 34.6 Å². The number of furan rings is 1. The van der Waals surface area contributed by atoms with E-state index in [0.29, 0.717) is 26.9 Å². The molecule has 0 fully saturated rings. The van der Waals surface area contributed by atoms with Gasteiger partial charge in [-0.15, -0.1) is 0 Å². The van der Waals surface area contributed by atoms with Gasteiger partial charge in [0.25, 0.3) is 0 Å². The Kier molecular flexibility index (Phi) is 3.79. The summed E-state index contributed by atoms with van der Waals surface area (Å²) < 4.78 is 10.8. The van der Waals surface area contributed by atoms with E-state index in [0.717, 1.165) is 0 Å². The SMILES string of the molecule is C=c1[nH]oc(=O)/c1=C\c1ccc(-c2ccc(Br)cc2C(=O)[O-])o1. The summed E-state index contributed by atoms with van der Waals surface area (Å²) in [6, 6.07) is 7.96. The number of H-pyrrole nitrogens is 1. The molecule has 1 N–H and O–H groups in total. The number of carboxylic acid groups (broad SMARTS) is 1. The second-order valence-corrected chi connectivity index (χ2v) is 5.62. The fourth-order valence-electron chi connectivity index (χ4n) is 2.10. The van der Waals surface area contributed by atoms with Crippen molar-refractivity contribution in [3.8, 4) is 11.3 Å². The number of nitrogens with one attached hydrogen (secondary N) is 1. The van der Waals surface area contributed by atoms with E-state index in [2.05, 4.69) is 32.2 Å². The second-order valence-electron chi connectivity index (χ2n) is 4.71. The first-order valence-electron chi connectivity index (χ1n) is 6.45. The first kappa shape index (κ1) is 15.1. The molecule has 23 heavy (non-hydrogen) atoms. The van der Waals surface area contributed by atoms with Gasteiger partial charge in [-0.1, -0.05) is 22.5 Å². The number of hydrogen-bond donors (Lipinski definition) is 1. The van der Waals surface area contributed by atoms with E-state index in [1.54, 1.807) is 24.3 Å². The molecule has 0 radical (unpaired) electrons. The summed E-state index contributed by atoms with van der Waals surface area (Å²) in [6.07, 6.45) is 1.46. The Bertz CT molecular complexity index is 1030. The molecule has 0 atom stereocenters. The monoisotopic (exact) mass is 374 g/mol. The maximum absolute atomic E-state index is 11.5. The summed E-state index contributed by atoms with van der Waals surface area (Å²) in [5.74, 6) is -0.605. The van der Waals surface area contributed by atoms with Crippen LogP contribution >= 0.6 is 15.9 Å². The van der Waals surface area contributed by atoms with E-state index >= 15 is 0 Å². The van der Waals surface area contributed by atoms with Crippen LogP contribution in [0.3, 0.4) is 0 Å². The Morgan fingerprint density at radius 1 is 1.30 bits per heavy atom. The van der Waals surface area contributed by atoms with Crippen molar-refractivity contribution in [1.29, 1.82) is 0 Å². The predicted molar refractivity (Wildman–Crippen MR) is 83.8 cm³/mol. The molecular formula is C16H9BrNO5-. The van der Waals surface area contributed by atoms with E-state index < -0.39 is 11.6 Å². The number of carboxylic acids is 1. The highest BCUT2D eigenvalue weighted by Crippen LogP contribution is 2.28. The Morgan fingerprint density at radius 2 is 2.09 bits per heavy atom. The van der Waals surface area contributed by atoms with E-state index in [1.165, 1.54) is 12.1 Å². The predicted octanol–water partition coefficient (Wildman–Crippen LogP) is 0.593. The summed E-state index contributed by atoms with van der Waals surface area (Å²) >= 11 is 3.21. The molecule has 0 spiro atoms. The van der Waals surface area contributed by atoms with Crippen LogP contribution in [0.25, 0.3) is 24.0 Å². The third kappa shape index (κ3) is 2.91. The number of aromatic nitrogens is 1. The van der Waals surface area contributed by atoms with Gasteiger partial charge in [0.2, 0.25) is 0 Å². The smallest absolute Gasteiger partial charge is 0.365 e. The minimum Gasteiger partial charge on any atom is -0.545 e. The lowest BCUT2D eigenvalue weighted by molar-refractivity contribution is -0.254. The number of carbonyl (C=O) groups is 1. The van der Waals surface area contributed by atoms with Crippen molar-refractivity contribution < 1.29 is 18.8 Å². The molecular weight excluding hydrogens is 366 g/mol. The number of halogens is 1. The Labute approximate surface area is 137 Å². The molecule has 0 aliphatic carbocycles. The van der Waals surface area contributed by atoms with Crippen LogP contribution in [0.4, 0.5) is 0 Å². The summed E-state index contributed by atoms with van der Waals surface area (Å²) in [4.78, 5) is 22.8. The van der Waals surface area contributed by atoms with Gasteiger partial charge >= 0.3 is 5.63 Å². The summed E-state index contributed by atoms with van der Waals surface area (Å²) in [5, 5.41) is 14.2. The van der Waals surface area contributed by atoms with Crippen LogP contribution in [0.15, 0.2) is 48.5 Å². The van der Waals surface area contributed by atoms with Crippen molar-refractivity contribution in [2.45, 2.75) is 0 Å². The van der Waals surface area contributed by atoms with Crippen molar-refractivity contribution in [3.05, 3.63) is 67.1 Å². The van der Waals surface area contributed by atoms with Gasteiger partial charge in [-0.2, -0.15) is 0 Å². The van der Waals surface area contributed by atoms with E-state index in [-0.39, 0.29) is 10.8 Å². The molecule has 0 bridgehead atoms. The molecule has 0 aliphatic rings. The number of aromatic amines is 1. The average Bonchev–Trinajstić information content (AvgIpc) is 3.09. The van der Waals surface area contributed by atoms with Gasteiger partial charge in [-0.05, 0) is 36.4 Å². The molecule has 0 amide bonds. The van der Waals surface area contributed by atoms with Gasteiger partial charge in [0.1, 0.15) is 11.5 Å². The molecule has 0 saturated carbocycles. The molecule has 0 saturated heterocycles. The first-order chi connectivity index (χ1) is 11.0. The highest BCUT2D eigenvalue weighted by Gasteiger charge is 2.11. The first-order valence-corrected chi connectivity index (χ1v) is 7.24. The summed E-state index contributed by atoms with van der Waals surface area (Å²) in [6.45, 7) is 3.64. The molecule has 3 aromatic rings. The minimum absolute atomic E-state index is 0.000666. The number of aromatic carboxylic acids is 1. The molecule has 7 heteroatoms. The highest BCUT2D eigenvalue weighted by molar-refractivity contribution is 9.10. The van der Waals surface area contributed by atoms with Crippen LogP contribution in [-0.4, -0.2) is 11.1 Å². The van der Waals surface area contributed by atoms with Crippen LogP contribution < -0.4 is 21.3 Å². The van der Waals surface area contributed by atoms with Crippen LogP contribution in [0.1, 0.15) is 16.1 Å². The van der Waals surface area contributed by atoms with Gasteiger partial charge in [-0.3, -0.25) is 0 Å². The zero-order valence-electron chi connectivity index (χ0n) is 11.6. The van der Waals surface area contributed by atoms with E-state index in [4.69, 9.17) is 4.42 Å². The Balaban J connectivity index is 2.11. The molecule has 2 heterocycles. The molecule has 2 aromatic heterocycles. The molecule has 0 unspecified atom stereocenters. The van der Waals surface area contributed by atoms with Crippen LogP contribution in [-0.2, 0) is 0 Å². The number of carbonyl (C=O) groups excluding carboxylic acids is 1. The largest absolute Gasteiger partial charge is 0.545 e. The molecule has 0 aliphatic heterocycles. The van der Waals surface area contributed by atoms with Crippen molar-refractivity contribution in [2.75, 3.05) is 0 Å². The van der Waals surface area contributed by atoms with Crippen LogP contribution in [0, 0.1) is 0 Å². The molecule has 1 aromatic carbocycles. The third-order valence-electron chi connectivity index (χ3n) is 3.19. The fraction of sp³-hybridized carbons (Fsp3) is 0. The van der Waals surface area contributed by atoms with E-state index in [1.807, 2.05) is 0 Å². The number of rotatable bonds is 3. The standard InChI is InChI=1S/C16H10BrNO5/c1-8-12(16(21)23-18-8)7-10-3-5-14(22-10)11-4-2-9(17)6-13(11)15(19)20/h2-7,18H,1H2,(H,19,20)/p-1/b12-7-. The van der Waals surface area contributed by atoms with Crippen molar-refractivity contribution in [3.63, 3.8) is 0 Å². The van der Waals surface area contributed by atoms with Crippen molar-refractivity contribution in [1.82, 2.24) is 5.16 Å². The summed E-state index contributed by atoms with van der Waals surface area (Å²) in [5.41, 5.74) is -0.185. The average molecular weight is 375 g/mol. The zero-order chi connectivity index (χ0) is 16.6. The molecule has 3 rings (SSSR count). The van der Waals surface area contributed by atoms with Crippen LogP contribution in [0.2, 0.25) is 0 Å². The lowest BCUT2D eigenvalue weighted by Gasteiger charge is -2.08. The second kappa shape index (κ2) is 5.77. The van der Waals surface area contributed by atoms with Gasteiger partial charge < -0.3 is 18.8 Å². The summed E-state index contributed by atoms with van der Waals surface area (Å²) in [7, 11) is 0. The highest BCUT2D eigenvalue weighted by atomic mass is 79.9. The Morgan fingerprint density at radius 3 is 2.74 bits per heavy atom. The lowest BCUT2D eigenvalue weighted by atomic mass is 10.1. The lowest BCUT2D eigenvalue weighted by Crippen LogP contribution is -2.31.